The Balaban J connectivity index is 2.94. The van der Waals surface area contributed by atoms with Gasteiger partial charge in [0.2, 0.25) is 0 Å². The Labute approximate surface area is 118 Å². The van der Waals surface area contributed by atoms with Gasteiger partial charge >= 0.3 is 6.18 Å². The van der Waals surface area contributed by atoms with E-state index < -0.39 is 12.7 Å². The van der Waals surface area contributed by atoms with Crippen LogP contribution in [0.15, 0.2) is 18.2 Å². The molecule has 5 heteroatoms. The highest BCUT2D eigenvalue weighted by Crippen LogP contribution is 2.25. The lowest BCUT2D eigenvalue weighted by molar-refractivity contribution is -0.119. The molecule has 0 saturated carbocycles. The average Bonchev–Trinajstić information content (AvgIpc) is 2.29. The van der Waals surface area contributed by atoms with Crippen molar-refractivity contribution in [3.8, 4) is 0 Å². The molecule has 2 nitrogen and oxygen atoms in total. The molecule has 0 aliphatic carbocycles. The zero-order chi connectivity index (χ0) is 15.3. The molecule has 20 heavy (non-hydrogen) atoms. The number of rotatable bonds is 6. The van der Waals surface area contributed by atoms with Crippen molar-refractivity contribution in [3.63, 3.8) is 0 Å². The lowest BCUT2D eigenvalue weighted by atomic mass is 10.0. The fraction of sp³-hybridized carbons (Fsp3) is 0.600. The van der Waals surface area contributed by atoms with E-state index in [0.717, 1.165) is 17.5 Å². The number of nitrogens with two attached hydrogens (primary N) is 1. The maximum absolute atomic E-state index is 12.6. The summed E-state index contributed by atoms with van der Waals surface area (Å²) in [5.41, 5.74) is 8.46. The molecule has 0 spiro atoms. The summed E-state index contributed by atoms with van der Waals surface area (Å²) in [7, 11) is 0. The number of anilines is 1. The van der Waals surface area contributed by atoms with Crippen LogP contribution >= 0.6 is 0 Å². The van der Waals surface area contributed by atoms with E-state index in [9.17, 15) is 13.2 Å². The van der Waals surface area contributed by atoms with E-state index in [1.807, 2.05) is 32.9 Å². The molecule has 1 rings (SSSR count). The van der Waals surface area contributed by atoms with E-state index in [-0.39, 0.29) is 6.04 Å². The highest BCUT2D eigenvalue weighted by Gasteiger charge is 2.30. The second kappa shape index (κ2) is 6.97. The molecule has 0 aromatic heterocycles. The fourth-order valence-corrected chi connectivity index (χ4v) is 2.24. The van der Waals surface area contributed by atoms with E-state index in [1.165, 1.54) is 4.90 Å². The lowest BCUT2D eigenvalue weighted by Crippen LogP contribution is -2.34. The van der Waals surface area contributed by atoms with Crippen LogP contribution in [0.2, 0.25) is 0 Å². The molecule has 114 valence electrons. The minimum Gasteiger partial charge on any atom is -0.363 e. The zero-order valence-corrected chi connectivity index (χ0v) is 12.3. The first kappa shape index (κ1) is 16.8. The summed E-state index contributed by atoms with van der Waals surface area (Å²) in [6.45, 7) is 5.19. The lowest BCUT2D eigenvalue weighted by Gasteiger charge is -2.26. The van der Waals surface area contributed by atoms with Gasteiger partial charge in [0.1, 0.15) is 6.54 Å². The maximum Gasteiger partial charge on any atom is 0.405 e. The van der Waals surface area contributed by atoms with E-state index in [2.05, 4.69) is 0 Å². The molecule has 0 saturated heterocycles. The molecule has 1 atom stereocenters. The number of alkyl halides is 3. The summed E-state index contributed by atoms with van der Waals surface area (Å²) >= 11 is 0. The van der Waals surface area contributed by atoms with E-state index in [4.69, 9.17) is 5.73 Å². The van der Waals surface area contributed by atoms with Gasteiger partial charge in [0.05, 0.1) is 0 Å². The van der Waals surface area contributed by atoms with Crippen LogP contribution in [-0.4, -0.2) is 25.3 Å². The summed E-state index contributed by atoms with van der Waals surface area (Å²) in [6.07, 6.45) is -2.77. The van der Waals surface area contributed by atoms with Gasteiger partial charge in [0, 0.05) is 18.3 Å². The van der Waals surface area contributed by atoms with Gasteiger partial charge in [-0.05, 0) is 49.9 Å². The summed E-state index contributed by atoms with van der Waals surface area (Å²) in [5, 5.41) is 0. The second-order valence-electron chi connectivity index (χ2n) is 5.33. The normalized spacial score (nSPS) is 13.3. The molecular weight excluding hydrogens is 265 g/mol. The molecular formula is C15H23F3N2. The predicted octanol–water partition coefficient (Wildman–Crippen LogP) is 3.66. The third-order valence-electron chi connectivity index (χ3n) is 3.10. The van der Waals surface area contributed by atoms with Crippen LogP contribution in [0.25, 0.3) is 0 Å². The van der Waals surface area contributed by atoms with Gasteiger partial charge in [-0.2, -0.15) is 13.2 Å². The number of hydrogen-bond acceptors (Lipinski definition) is 2. The third kappa shape index (κ3) is 5.41. The summed E-state index contributed by atoms with van der Waals surface area (Å²) in [5.74, 6) is 0. The monoisotopic (exact) mass is 288 g/mol. The highest BCUT2D eigenvalue weighted by molar-refractivity contribution is 5.51. The number of hydrogen-bond donors (Lipinski definition) is 1. The average molecular weight is 288 g/mol. The minimum atomic E-state index is -4.19. The van der Waals surface area contributed by atoms with Crippen LogP contribution in [0.4, 0.5) is 18.9 Å². The SMILES string of the molecule is CCCN(CC(F)(F)F)c1ccc(CC(C)N)c(C)c1. The van der Waals surface area contributed by atoms with Gasteiger partial charge in [0.15, 0.2) is 0 Å². The third-order valence-corrected chi connectivity index (χ3v) is 3.10. The van der Waals surface area contributed by atoms with E-state index in [1.54, 1.807) is 6.07 Å². The quantitative estimate of drug-likeness (QED) is 0.865. The first-order chi connectivity index (χ1) is 9.23. The highest BCUT2D eigenvalue weighted by atomic mass is 19.4. The van der Waals surface area contributed by atoms with Gasteiger partial charge in [-0.25, -0.2) is 0 Å². The van der Waals surface area contributed by atoms with Crippen molar-refractivity contribution in [3.05, 3.63) is 29.3 Å². The van der Waals surface area contributed by atoms with Crippen LogP contribution in [0.1, 0.15) is 31.4 Å². The van der Waals surface area contributed by atoms with Crippen LogP contribution in [-0.2, 0) is 6.42 Å². The summed E-state index contributed by atoms with van der Waals surface area (Å²) in [6, 6.07) is 5.50. The van der Waals surface area contributed by atoms with E-state index in [0.29, 0.717) is 18.7 Å². The first-order valence-corrected chi connectivity index (χ1v) is 6.89. The Morgan fingerprint density at radius 3 is 2.40 bits per heavy atom. The number of benzene rings is 1. The Morgan fingerprint density at radius 1 is 1.30 bits per heavy atom. The molecule has 0 heterocycles. The van der Waals surface area contributed by atoms with Crippen molar-refractivity contribution in [1.82, 2.24) is 0 Å². The molecule has 0 fully saturated rings. The summed E-state index contributed by atoms with van der Waals surface area (Å²) in [4.78, 5) is 1.38. The Kier molecular flexibility index (Phi) is 5.87. The van der Waals surface area contributed by atoms with E-state index >= 15 is 0 Å². The van der Waals surface area contributed by atoms with Crippen molar-refractivity contribution in [2.45, 2.75) is 45.8 Å². The van der Waals surface area contributed by atoms with Crippen molar-refractivity contribution in [2.75, 3.05) is 18.0 Å². The van der Waals surface area contributed by atoms with Gasteiger partial charge < -0.3 is 10.6 Å². The predicted molar refractivity (Wildman–Crippen MR) is 77.1 cm³/mol. The molecule has 0 amide bonds. The minimum absolute atomic E-state index is 0.0430. The van der Waals surface area contributed by atoms with Crippen molar-refractivity contribution in [1.29, 1.82) is 0 Å². The van der Waals surface area contributed by atoms with Crippen LogP contribution in [0, 0.1) is 6.92 Å². The second-order valence-corrected chi connectivity index (χ2v) is 5.33. The number of aryl methyl sites for hydroxylation is 1. The Morgan fingerprint density at radius 2 is 1.95 bits per heavy atom. The van der Waals surface area contributed by atoms with Gasteiger partial charge in [-0.15, -0.1) is 0 Å². The molecule has 0 aliphatic rings. The number of nitrogens with zero attached hydrogens (tertiary/aromatic N) is 1. The molecule has 1 unspecified atom stereocenters. The summed E-state index contributed by atoms with van der Waals surface area (Å²) < 4.78 is 37.8. The van der Waals surface area contributed by atoms with Gasteiger partial charge in [-0.3, -0.25) is 0 Å². The fourth-order valence-electron chi connectivity index (χ4n) is 2.24. The van der Waals surface area contributed by atoms with Gasteiger partial charge in [0.25, 0.3) is 0 Å². The molecule has 0 aliphatic heterocycles. The molecule has 1 aromatic carbocycles. The Hall–Kier alpha value is -1.23. The largest absolute Gasteiger partial charge is 0.405 e. The van der Waals surface area contributed by atoms with Crippen molar-refractivity contribution < 1.29 is 13.2 Å². The first-order valence-electron chi connectivity index (χ1n) is 6.89. The molecule has 1 aromatic rings. The standard InChI is InChI=1S/C15H23F3N2/c1-4-7-20(10-15(16,17)18)14-6-5-13(9-12(3)19)11(2)8-14/h5-6,8,12H,4,7,9-10,19H2,1-3H3. The van der Waals surface area contributed by atoms with Crippen LogP contribution in [0.3, 0.4) is 0 Å². The molecule has 0 radical (unpaired) electrons. The zero-order valence-electron chi connectivity index (χ0n) is 12.3. The van der Waals surface area contributed by atoms with Crippen molar-refractivity contribution >= 4 is 5.69 Å². The smallest absolute Gasteiger partial charge is 0.363 e. The van der Waals surface area contributed by atoms with Crippen LogP contribution in [0.5, 0.6) is 0 Å². The maximum atomic E-state index is 12.6. The topological polar surface area (TPSA) is 29.3 Å². The molecule has 0 bridgehead atoms. The van der Waals surface area contributed by atoms with Crippen LogP contribution < -0.4 is 10.6 Å². The number of halogens is 3. The van der Waals surface area contributed by atoms with Gasteiger partial charge in [-0.1, -0.05) is 13.0 Å². The molecule has 2 N–H and O–H groups in total. The Bertz CT molecular complexity index is 428. The van der Waals surface area contributed by atoms with Crippen molar-refractivity contribution in [2.24, 2.45) is 5.73 Å².